The van der Waals surface area contributed by atoms with Crippen molar-refractivity contribution in [3.8, 4) is 17.3 Å². The summed E-state index contributed by atoms with van der Waals surface area (Å²) >= 11 is 0. The third-order valence-electron chi connectivity index (χ3n) is 4.36. The summed E-state index contributed by atoms with van der Waals surface area (Å²) in [6, 6.07) is 1.43. The van der Waals surface area contributed by atoms with Gasteiger partial charge in [-0.3, -0.25) is 9.48 Å². The summed E-state index contributed by atoms with van der Waals surface area (Å²) in [4.78, 5) is 24.2. The number of hydrogen-bond donors (Lipinski definition) is 1. The number of aromatic amines is 1. The van der Waals surface area contributed by atoms with E-state index in [1.807, 2.05) is 20.8 Å². The first-order valence-corrected chi connectivity index (χ1v) is 11.3. The van der Waals surface area contributed by atoms with Crippen molar-refractivity contribution >= 4 is 20.9 Å². The molecule has 3 aromatic heterocycles. The lowest BCUT2D eigenvalue weighted by atomic mass is 10.2. The van der Waals surface area contributed by atoms with Gasteiger partial charge in [0.2, 0.25) is 5.88 Å². The summed E-state index contributed by atoms with van der Waals surface area (Å²) in [6.45, 7) is 6.40. The fourth-order valence-corrected chi connectivity index (χ4v) is 3.51. The van der Waals surface area contributed by atoms with Gasteiger partial charge >= 0.3 is 0 Å². The molecule has 0 aliphatic heterocycles. The second-order valence-electron chi connectivity index (χ2n) is 7.43. The van der Waals surface area contributed by atoms with Crippen LogP contribution in [0.3, 0.4) is 0 Å². The first-order chi connectivity index (χ1) is 13.6. The Kier molecular flexibility index (Phi) is 5.74. The summed E-state index contributed by atoms with van der Waals surface area (Å²) < 4.78 is 31.5. The third kappa shape index (κ3) is 4.31. The van der Waals surface area contributed by atoms with Crippen LogP contribution in [0.1, 0.15) is 32.9 Å². The van der Waals surface area contributed by atoms with Crippen molar-refractivity contribution in [2.45, 2.75) is 38.5 Å². The zero-order valence-electron chi connectivity index (χ0n) is 17.2. The number of nitrogens with zero attached hydrogens (tertiary/aromatic N) is 4. The van der Waals surface area contributed by atoms with Crippen molar-refractivity contribution in [1.29, 1.82) is 0 Å². The van der Waals surface area contributed by atoms with E-state index >= 15 is 0 Å². The van der Waals surface area contributed by atoms with Crippen molar-refractivity contribution < 1.29 is 13.2 Å². The van der Waals surface area contributed by atoms with E-state index in [1.165, 1.54) is 12.3 Å². The number of H-pyrrole nitrogens is 1. The van der Waals surface area contributed by atoms with Gasteiger partial charge in [-0.1, -0.05) is 27.2 Å². The molecule has 0 aliphatic carbocycles. The van der Waals surface area contributed by atoms with Crippen LogP contribution in [0, 0.1) is 5.92 Å². The van der Waals surface area contributed by atoms with Gasteiger partial charge in [0.1, 0.15) is 11.3 Å². The summed E-state index contributed by atoms with van der Waals surface area (Å²) in [7, 11) is -1.73. The van der Waals surface area contributed by atoms with Crippen LogP contribution < -0.4 is 10.3 Å². The SMILES string of the molecule is CCCc1c2nc(-c3cc(S(C)(=O)=O)cnc3OCC(C)C)[nH]c(=O)c2nn1C. The van der Waals surface area contributed by atoms with Crippen LogP contribution in [0.25, 0.3) is 22.4 Å². The largest absolute Gasteiger partial charge is 0.477 e. The van der Waals surface area contributed by atoms with Crippen LogP contribution in [0.15, 0.2) is 22.0 Å². The van der Waals surface area contributed by atoms with Crippen LogP contribution in [0.5, 0.6) is 5.88 Å². The van der Waals surface area contributed by atoms with E-state index in [0.717, 1.165) is 18.4 Å². The molecule has 0 aliphatic rings. The van der Waals surface area contributed by atoms with Gasteiger partial charge in [0.05, 0.1) is 22.8 Å². The lowest BCUT2D eigenvalue weighted by Gasteiger charge is -2.13. The van der Waals surface area contributed by atoms with Gasteiger partial charge in [-0.15, -0.1) is 0 Å². The third-order valence-corrected chi connectivity index (χ3v) is 5.44. The first-order valence-electron chi connectivity index (χ1n) is 9.41. The van der Waals surface area contributed by atoms with Gasteiger partial charge in [-0.05, 0) is 18.4 Å². The average molecular weight is 420 g/mol. The van der Waals surface area contributed by atoms with Crippen LogP contribution in [0.2, 0.25) is 0 Å². The molecule has 10 heteroatoms. The van der Waals surface area contributed by atoms with Crippen molar-refractivity contribution in [1.82, 2.24) is 24.7 Å². The molecular weight excluding hydrogens is 394 g/mol. The van der Waals surface area contributed by atoms with E-state index in [2.05, 4.69) is 20.1 Å². The molecular formula is C19H25N5O4S. The maximum Gasteiger partial charge on any atom is 0.279 e. The molecule has 0 spiro atoms. The van der Waals surface area contributed by atoms with Gasteiger partial charge < -0.3 is 9.72 Å². The molecule has 0 fully saturated rings. The quantitative estimate of drug-likeness (QED) is 0.623. The van der Waals surface area contributed by atoms with E-state index in [0.29, 0.717) is 24.1 Å². The summed E-state index contributed by atoms with van der Waals surface area (Å²) in [5, 5.41) is 4.27. The van der Waals surface area contributed by atoms with E-state index in [-0.39, 0.29) is 28.0 Å². The molecule has 29 heavy (non-hydrogen) atoms. The number of ether oxygens (including phenoxy) is 1. The molecule has 0 atom stereocenters. The smallest absolute Gasteiger partial charge is 0.279 e. The van der Waals surface area contributed by atoms with Gasteiger partial charge in [-0.2, -0.15) is 5.10 Å². The van der Waals surface area contributed by atoms with Crippen molar-refractivity contribution in [2.24, 2.45) is 13.0 Å². The lowest BCUT2D eigenvalue weighted by Crippen LogP contribution is -2.12. The first kappa shape index (κ1) is 21.0. The molecule has 0 aromatic carbocycles. The Morgan fingerprint density at radius 2 is 2.00 bits per heavy atom. The number of hydrogen-bond acceptors (Lipinski definition) is 7. The molecule has 0 radical (unpaired) electrons. The standard InChI is InChI=1S/C19H25N5O4S/c1-6-7-14-15-16(23-24(14)4)18(25)22-17(21-15)13-8-12(29(5,26)27)9-20-19(13)28-10-11(2)3/h8-9,11H,6-7,10H2,1-5H3,(H,21,22,25). The number of nitrogens with one attached hydrogen (secondary N) is 1. The minimum Gasteiger partial charge on any atom is -0.477 e. The van der Waals surface area contributed by atoms with Crippen LogP contribution in [-0.2, 0) is 23.3 Å². The van der Waals surface area contributed by atoms with E-state index in [9.17, 15) is 13.2 Å². The minimum absolute atomic E-state index is 0.0205. The second-order valence-corrected chi connectivity index (χ2v) is 9.45. The van der Waals surface area contributed by atoms with Gasteiger partial charge in [0, 0.05) is 19.5 Å². The number of rotatable bonds is 7. The summed E-state index contributed by atoms with van der Waals surface area (Å²) in [6.07, 6.45) is 3.92. The monoisotopic (exact) mass is 419 g/mol. The number of sulfone groups is 1. The van der Waals surface area contributed by atoms with Crippen molar-refractivity contribution in [3.05, 3.63) is 28.3 Å². The molecule has 0 amide bonds. The van der Waals surface area contributed by atoms with E-state index in [1.54, 1.807) is 11.7 Å². The number of aryl methyl sites for hydroxylation is 2. The normalized spacial score (nSPS) is 12.1. The van der Waals surface area contributed by atoms with Crippen molar-refractivity contribution in [3.63, 3.8) is 0 Å². The van der Waals surface area contributed by atoms with Gasteiger partial charge in [0.15, 0.2) is 15.4 Å². The summed E-state index contributed by atoms with van der Waals surface area (Å²) in [5.74, 6) is 0.655. The molecule has 0 saturated carbocycles. The Hall–Kier alpha value is -2.75. The molecule has 0 bridgehead atoms. The second kappa shape index (κ2) is 7.94. The van der Waals surface area contributed by atoms with Gasteiger partial charge in [0.25, 0.3) is 5.56 Å². The maximum atomic E-state index is 12.7. The Morgan fingerprint density at radius 3 is 2.62 bits per heavy atom. The van der Waals surface area contributed by atoms with Crippen LogP contribution in [0.4, 0.5) is 0 Å². The zero-order chi connectivity index (χ0) is 21.3. The highest BCUT2D eigenvalue weighted by atomic mass is 32.2. The molecule has 0 saturated heterocycles. The maximum absolute atomic E-state index is 12.7. The predicted molar refractivity (Wildman–Crippen MR) is 110 cm³/mol. The molecule has 3 aromatic rings. The molecule has 9 nitrogen and oxygen atoms in total. The summed E-state index contributed by atoms with van der Waals surface area (Å²) in [5.41, 5.74) is 1.50. The number of aromatic nitrogens is 5. The molecule has 156 valence electrons. The highest BCUT2D eigenvalue weighted by molar-refractivity contribution is 7.90. The fourth-order valence-electron chi connectivity index (χ4n) is 2.94. The highest BCUT2D eigenvalue weighted by Crippen LogP contribution is 2.29. The molecule has 1 N–H and O–H groups in total. The Bertz CT molecular complexity index is 1210. The number of pyridine rings is 1. The fraction of sp³-hybridized carbons (Fsp3) is 0.474. The topological polar surface area (TPSA) is 120 Å². The van der Waals surface area contributed by atoms with E-state index in [4.69, 9.17) is 4.74 Å². The molecule has 3 heterocycles. The van der Waals surface area contributed by atoms with Gasteiger partial charge in [-0.25, -0.2) is 18.4 Å². The molecule has 0 unspecified atom stereocenters. The lowest BCUT2D eigenvalue weighted by molar-refractivity contribution is 0.262. The highest BCUT2D eigenvalue weighted by Gasteiger charge is 2.20. The molecule has 3 rings (SSSR count). The zero-order valence-corrected chi connectivity index (χ0v) is 18.0. The predicted octanol–water partition coefficient (Wildman–Crippen LogP) is 2.11. The average Bonchev–Trinajstić information content (AvgIpc) is 2.96. The Labute approximate surface area is 169 Å². The number of fused-ring (bicyclic) bond motifs is 1. The Balaban J connectivity index is 2.25. The van der Waals surface area contributed by atoms with E-state index < -0.39 is 15.4 Å². The van der Waals surface area contributed by atoms with Crippen molar-refractivity contribution in [2.75, 3.05) is 12.9 Å². The van der Waals surface area contributed by atoms with Crippen LogP contribution in [-0.4, -0.2) is 46.0 Å². The van der Waals surface area contributed by atoms with Crippen LogP contribution >= 0.6 is 0 Å². The minimum atomic E-state index is -3.50. The Morgan fingerprint density at radius 1 is 1.28 bits per heavy atom.